The van der Waals surface area contributed by atoms with Crippen molar-refractivity contribution in [3.05, 3.63) is 54.9 Å². The molecule has 0 aliphatic rings. The van der Waals surface area contributed by atoms with Crippen LogP contribution in [0.1, 0.15) is 0 Å². The second kappa shape index (κ2) is 8.84. The number of ether oxygens (including phenoxy) is 1. The quantitative estimate of drug-likeness (QED) is 0.489. The molecule has 1 amide bonds. The lowest BCUT2D eigenvalue weighted by molar-refractivity contribution is -0.118. The van der Waals surface area contributed by atoms with Crippen LogP contribution in [0.5, 0.6) is 5.75 Å². The molecular formula is C17H16N4O3S. The Morgan fingerprint density at radius 3 is 2.72 bits per heavy atom. The molecule has 1 N–H and O–H groups in total. The average Bonchev–Trinajstić information content (AvgIpc) is 3.14. The number of benzene rings is 1. The molecule has 2 aromatic heterocycles. The summed E-state index contributed by atoms with van der Waals surface area (Å²) in [6.07, 6.45) is 3.30. The van der Waals surface area contributed by atoms with Gasteiger partial charge in [0, 0.05) is 18.0 Å². The first-order valence-corrected chi connectivity index (χ1v) is 8.61. The van der Waals surface area contributed by atoms with E-state index in [1.807, 2.05) is 30.3 Å². The number of aromatic nitrogens is 3. The molecular weight excluding hydrogens is 340 g/mol. The van der Waals surface area contributed by atoms with Crippen LogP contribution in [0.4, 0.5) is 0 Å². The van der Waals surface area contributed by atoms with Gasteiger partial charge in [-0.3, -0.25) is 9.78 Å². The second-order valence-electron chi connectivity index (χ2n) is 4.91. The number of hydrogen-bond acceptors (Lipinski definition) is 7. The Morgan fingerprint density at radius 1 is 1.12 bits per heavy atom. The SMILES string of the molecule is O=C(CSc1nnc(-c2ccncc2)o1)NCCOc1ccccc1. The van der Waals surface area contributed by atoms with Gasteiger partial charge in [0.05, 0.1) is 12.3 Å². The van der Waals surface area contributed by atoms with Crippen LogP contribution in [-0.4, -0.2) is 40.0 Å². The third-order valence-corrected chi connectivity index (χ3v) is 3.92. The maximum atomic E-state index is 11.8. The molecule has 1 aromatic carbocycles. The molecule has 0 atom stereocenters. The zero-order valence-corrected chi connectivity index (χ0v) is 14.1. The lowest BCUT2D eigenvalue weighted by Gasteiger charge is -2.06. The molecule has 0 fully saturated rings. The van der Waals surface area contributed by atoms with E-state index in [4.69, 9.17) is 9.15 Å². The van der Waals surface area contributed by atoms with Crippen LogP contribution in [0, 0.1) is 0 Å². The third-order valence-electron chi connectivity index (χ3n) is 3.10. The fourth-order valence-electron chi connectivity index (χ4n) is 1.93. The minimum Gasteiger partial charge on any atom is -0.492 e. The zero-order valence-electron chi connectivity index (χ0n) is 13.3. The molecule has 25 heavy (non-hydrogen) atoms. The highest BCUT2D eigenvalue weighted by atomic mass is 32.2. The Hall–Kier alpha value is -2.87. The first kappa shape index (κ1) is 17.0. The maximum absolute atomic E-state index is 11.8. The van der Waals surface area contributed by atoms with Crippen LogP contribution >= 0.6 is 11.8 Å². The molecule has 2 heterocycles. The molecule has 0 aliphatic carbocycles. The van der Waals surface area contributed by atoms with E-state index in [2.05, 4.69) is 20.5 Å². The summed E-state index contributed by atoms with van der Waals surface area (Å²) < 4.78 is 11.0. The number of amides is 1. The zero-order chi connectivity index (χ0) is 17.3. The van der Waals surface area contributed by atoms with Gasteiger partial charge >= 0.3 is 0 Å². The van der Waals surface area contributed by atoms with Crippen LogP contribution in [0.2, 0.25) is 0 Å². The monoisotopic (exact) mass is 356 g/mol. The summed E-state index contributed by atoms with van der Waals surface area (Å²) in [7, 11) is 0. The summed E-state index contributed by atoms with van der Waals surface area (Å²) in [5.41, 5.74) is 0.789. The number of pyridine rings is 1. The van der Waals surface area contributed by atoms with Crippen LogP contribution in [0.25, 0.3) is 11.5 Å². The van der Waals surface area contributed by atoms with Gasteiger partial charge in [0.15, 0.2) is 0 Å². The summed E-state index contributed by atoms with van der Waals surface area (Å²) >= 11 is 1.19. The maximum Gasteiger partial charge on any atom is 0.277 e. The summed E-state index contributed by atoms with van der Waals surface area (Å²) in [5, 5.41) is 11.0. The minimum atomic E-state index is -0.120. The molecule has 0 spiro atoms. The summed E-state index contributed by atoms with van der Waals surface area (Å²) in [6, 6.07) is 13.0. The van der Waals surface area contributed by atoms with Gasteiger partial charge in [-0.2, -0.15) is 0 Å². The average molecular weight is 356 g/mol. The lowest BCUT2D eigenvalue weighted by Crippen LogP contribution is -2.29. The standard InChI is InChI=1S/C17H16N4O3S/c22-15(19-10-11-23-14-4-2-1-3-5-14)12-25-17-21-20-16(24-17)13-6-8-18-9-7-13/h1-9H,10-12H2,(H,19,22). The van der Waals surface area contributed by atoms with E-state index in [1.54, 1.807) is 24.5 Å². The van der Waals surface area contributed by atoms with E-state index < -0.39 is 0 Å². The van der Waals surface area contributed by atoms with E-state index >= 15 is 0 Å². The number of carbonyl (C=O) groups is 1. The number of thioether (sulfide) groups is 1. The van der Waals surface area contributed by atoms with E-state index in [9.17, 15) is 4.79 Å². The highest BCUT2D eigenvalue weighted by Gasteiger charge is 2.10. The Morgan fingerprint density at radius 2 is 1.92 bits per heavy atom. The van der Waals surface area contributed by atoms with Gasteiger partial charge < -0.3 is 14.5 Å². The Balaban J connectivity index is 1.37. The highest BCUT2D eigenvalue weighted by molar-refractivity contribution is 7.99. The minimum absolute atomic E-state index is 0.120. The fourth-order valence-corrected chi connectivity index (χ4v) is 2.53. The molecule has 0 bridgehead atoms. The van der Waals surface area contributed by atoms with Gasteiger partial charge in [-0.25, -0.2) is 0 Å². The smallest absolute Gasteiger partial charge is 0.277 e. The molecule has 128 valence electrons. The van der Waals surface area contributed by atoms with Crippen molar-refractivity contribution in [3.8, 4) is 17.2 Å². The summed E-state index contributed by atoms with van der Waals surface area (Å²) in [4.78, 5) is 15.8. The summed E-state index contributed by atoms with van der Waals surface area (Å²) in [5.74, 6) is 1.26. The number of para-hydroxylation sites is 1. The molecule has 0 saturated carbocycles. The second-order valence-corrected chi connectivity index (χ2v) is 5.84. The van der Waals surface area contributed by atoms with Crippen molar-refractivity contribution in [2.24, 2.45) is 0 Å². The van der Waals surface area contributed by atoms with Crippen molar-refractivity contribution in [2.75, 3.05) is 18.9 Å². The predicted octanol–water partition coefficient (Wildman–Crippen LogP) is 2.42. The van der Waals surface area contributed by atoms with Crippen LogP contribution in [0.3, 0.4) is 0 Å². The topological polar surface area (TPSA) is 90.1 Å². The van der Waals surface area contributed by atoms with E-state index in [1.165, 1.54) is 11.8 Å². The van der Waals surface area contributed by atoms with Crippen molar-refractivity contribution >= 4 is 17.7 Å². The molecule has 7 nitrogen and oxygen atoms in total. The molecule has 3 rings (SSSR count). The van der Waals surface area contributed by atoms with Crippen molar-refractivity contribution in [1.82, 2.24) is 20.5 Å². The van der Waals surface area contributed by atoms with Crippen molar-refractivity contribution in [1.29, 1.82) is 0 Å². The van der Waals surface area contributed by atoms with Crippen LogP contribution in [-0.2, 0) is 4.79 Å². The number of nitrogens with zero attached hydrogens (tertiary/aromatic N) is 3. The number of nitrogens with one attached hydrogen (secondary N) is 1. The van der Waals surface area contributed by atoms with Crippen LogP contribution in [0.15, 0.2) is 64.5 Å². The highest BCUT2D eigenvalue weighted by Crippen LogP contribution is 2.22. The fraction of sp³-hybridized carbons (Fsp3) is 0.176. The van der Waals surface area contributed by atoms with Gasteiger partial charge in [-0.15, -0.1) is 10.2 Å². The molecule has 0 radical (unpaired) electrons. The van der Waals surface area contributed by atoms with Crippen molar-refractivity contribution in [2.45, 2.75) is 5.22 Å². The van der Waals surface area contributed by atoms with Crippen molar-refractivity contribution in [3.63, 3.8) is 0 Å². The largest absolute Gasteiger partial charge is 0.492 e. The molecule has 8 heteroatoms. The van der Waals surface area contributed by atoms with Gasteiger partial charge in [-0.1, -0.05) is 30.0 Å². The number of carbonyl (C=O) groups excluding carboxylic acids is 1. The molecule has 0 saturated heterocycles. The Bertz CT molecular complexity index is 796. The molecule has 0 unspecified atom stereocenters. The van der Waals surface area contributed by atoms with Gasteiger partial charge in [0.1, 0.15) is 12.4 Å². The Labute approximate surface area is 148 Å². The van der Waals surface area contributed by atoms with E-state index in [0.29, 0.717) is 24.3 Å². The Kier molecular flexibility index (Phi) is 6.00. The normalized spacial score (nSPS) is 10.4. The number of hydrogen-bond donors (Lipinski definition) is 1. The molecule has 0 aliphatic heterocycles. The first-order chi connectivity index (χ1) is 12.3. The van der Waals surface area contributed by atoms with Crippen molar-refractivity contribution < 1.29 is 13.9 Å². The first-order valence-electron chi connectivity index (χ1n) is 7.62. The van der Waals surface area contributed by atoms with E-state index in [0.717, 1.165) is 11.3 Å². The summed E-state index contributed by atoms with van der Waals surface area (Å²) in [6.45, 7) is 0.841. The van der Waals surface area contributed by atoms with Crippen LogP contribution < -0.4 is 10.1 Å². The predicted molar refractivity (Wildman–Crippen MR) is 93.2 cm³/mol. The van der Waals surface area contributed by atoms with Gasteiger partial charge in [0.2, 0.25) is 11.8 Å². The van der Waals surface area contributed by atoms with Gasteiger partial charge in [0.25, 0.3) is 5.22 Å². The molecule has 3 aromatic rings. The number of rotatable bonds is 8. The lowest BCUT2D eigenvalue weighted by atomic mass is 10.3. The van der Waals surface area contributed by atoms with E-state index in [-0.39, 0.29) is 11.7 Å². The van der Waals surface area contributed by atoms with Gasteiger partial charge in [-0.05, 0) is 24.3 Å². The third kappa shape index (κ3) is 5.32.